The highest BCUT2D eigenvalue weighted by molar-refractivity contribution is 6.04. The molecule has 0 saturated carbocycles. The van der Waals surface area contributed by atoms with Gasteiger partial charge in [-0.3, -0.25) is 4.79 Å². The Hall–Kier alpha value is -2.83. The molecule has 2 aromatic heterocycles. The molecule has 2 aromatic rings. The van der Waals surface area contributed by atoms with Crippen LogP contribution in [0.25, 0.3) is 0 Å². The molecule has 146 valence electrons. The fourth-order valence-corrected chi connectivity index (χ4v) is 3.08. The number of nitrogens with one attached hydrogen (secondary N) is 1. The van der Waals surface area contributed by atoms with E-state index in [-0.39, 0.29) is 12.3 Å². The van der Waals surface area contributed by atoms with Crippen LogP contribution in [0.4, 0.5) is 0 Å². The highest BCUT2D eigenvalue weighted by Gasteiger charge is 2.29. The molecule has 0 fully saturated rings. The van der Waals surface area contributed by atoms with Crippen LogP contribution in [0, 0.1) is 34.6 Å². The van der Waals surface area contributed by atoms with Crippen LogP contribution in [0.15, 0.2) is 4.42 Å². The molecule has 0 aliphatic rings. The largest absolute Gasteiger partial charge is 0.465 e. The number of esters is 2. The number of hydrogen-bond acceptors (Lipinski definition) is 6. The molecular formula is C20H25NO6. The topological polar surface area (TPSA) is 98.6 Å². The molecule has 7 nitrogen and oxygen atoms in total. The monoisotopic (exact) mass is 375 g/mol. The summed E-state index contributed by atoms with van der Waals surface area (Å²) in [5.74, 6) is -0.448. The minimum atomic E-state index is -1.03. The van der Waals surface area contributed by atoms with Gasteiger partial charge in [0.1, 0.15) is 17.1 Å². The van der Waals surface area contributed by atoms with Crippen molar-refractivity contribution in [2.45, 2.75) is 54.6 Å². The Balaban J connectivity index is 2.24. The molecule has 7 heteroatoms. The van der Waals surface area contributed by atoms with Crippen molar-refractivity contribution in [2.75, 3.05) is 6.61 Å². The van der Waals surface area contributed by atoms with Crippen LogP contribution in [0.5, 0.6) is 0 Å². The molecule has 0 aliphatic heterocycles. The van der Waals surface area contributed by atoms with E-state index in [9.17, 15) is 14.4 Å². The molecule has 27 heavy (non-hydrogen) atoms. The molecule has 1 unspecified atom stereocenters. The van der Waals surface area contributed by atoms with Gasteiger partial charge in [-0.2, -0.15) is 0 Å². The lowest BCUT2D eigenvalue weighted by molar-refractivity contribution is 0.0314. The van der Waals surface area contributed by atoms with Crippen LogP contribution in [0.3, 0.4) is 0 Å². The standard InChI is InChI=1S/C20H25NO6/c1-8-25-19(23)15-10(3)17(21-11(15)4)18(22)14(7)27-20(24)16-9(2)12(5)26-13(16)6/h14,21H,8H2,1-7H3. The van der Waals surface area contributed by atoms with Crippen molar-refractivity contribution in [3.8, 4) is 0 Å². The maximum Gasteiger partial charge on any atom is 0.342 e. The predicted molar refractivity (Wildman–Crippen MR) is 98.4 cm³/mol. The van der Waals surface area contributed by atoms with Gasteiger partial charge in [0.15, 0.2) is 6.10 Å². The van der Waals surface area contributed by atoms with E-state index in [0.29, 0.717) is 39.5 Å². The Labute approximate surface area is 158 Å². The predicted octanol–water partition coefficient (Wildman–Crippen LogP) is 3.75. The number of ether oxygens (including phenoxy) is 2. The third-order valence-electron chi connectivity index (χ3n) is 4.58. The first-order valence-electron chi connectivity index (χ1n) is 8.78. The number of rotatable bonds is 6. The van der Waals surface area contributed by atoms with Crippen molar-refractivity contribution < 1.29 is 28.3 Å². The summed E-state index contributed by atoms with van der Waals surface area (Å²) in [4.78, 5) is 40.2. The van der Waals surface area contributed by atoms with Gasteiger partial charge in [0.25, 0.3) is 0 Å². The van der Waals surface area contributed by atoms with Gasteiger partial charge in [-0.25, -0.2) is 9.59 Å². The van der Waals surface area contributed by atoms with Gasteiger partial charge in [-0.15, -0.1) is 0 Å². The van der Waals surface area contributed by atoms with Crippen LogP contribution in [0.2, 0.25) is 0 Å². The summed E-state index contributed by atoms with van der Waals surface area (Å²) < 4.78 is 15.8. The lowest BCUT2D eigenvalue weighted by Gasteiger charge is -2.12. The second-order valence-electron chi connectivity index (χ2n) is 6.47. The van der Waals surface area contributed by atoms with Gasteiger partial charge in [-0.05, 0) is 54.0 Å². The van der Waals surface area contributed by atoms with Gasteiger partial charge in [0.05, 0.1) is 17.9 Å². The first-order valence-corrected chi connectivity index (χ1v) is 8.78. The fourth-order valence-electron chi connectivity index (χ4n) is 3.08. The summed E-state index contributed by atoms with van der Waals surface area (Å²) in [7, 11) is 0. The molecular weight excluding hydrogens is 350 g/mol. The number of carbonyl (C=O) groups is 3. The highest BCUT2D eigenvalue weighted by atomic mass is 16.5. The highest BCUT2D eigenvalue weighted by Crippen LogP contribution is 2.24. The Kier molecular flexibility index (Phi) is 5.93. The van der Waals surface area contributed by atoms with Crippen molar-refractivity contribution >= 4 is 17.7 Å². The SMILES string of the molecule is CCOC(=O)c1c(C)[nH]c(C(=O)C(C)OC(=O)c2c(C)oc(C)c2C)c1C. The van der Waals surface area contributed by atoms with E-state index in [1.165, 1.54) is 6.92 Å². The number of Topliss-reactive ketones (excluding diaryl/α,β-unsaturated/α-hetero) is 1. The zero-order chi connectivity index (χ0) is 20.5. The molecule has 2 heterocycles. The van der Waals surface area contributed by atoms with Gasteiger partial charge >= 0.3 is 11.9 Å². The van der Waals surface area contributed by atoms with Gasteiger partial charge < -0.3 is 18.9 Å². The minimum Gasteiger partial charge on any atom is -0.465 e. The Morgan fingerprint density at radius 3 is 2.11 bits per heavy atom. The first-order chi connectivity index (χ1) is 12.6. The zero-order valence-corrected chi connectivity index (χ0v) is 16.7. The molecule has 1 N–H and O–H groups in total. The van der Waals surface area contributed by atoms with Crippen LogP contribution >= 0.6 is 0 Å². The van der Waals surface area contributed by atoms with E-state index in [4.69, 9.17) is 13.9 Å². The zero-order valence-electron chi connectivity index (χ0n) is 16.7. The van der Waals surface area contributed by atoms with Crippen LogP contribution in [0.1, 0.15) is 73.4 Å². The molecule has 0 bridgehead atoms. The Morgan fingerprint density at radius 1 is 0.963 bits per heavy atom. The number of H-pyrrole nitrogens is 1. The lowest BCUT2D eigenvalue weighted by Crippen LogP contribution is -2.25. The third-order valence-corrected chi connectivity index (χ3v) is 4.58. The summed E-state index contributed by atoms with van der Waals surface area (Å²) in [6.07, 6.45) is -1.03. The van der Waals surface area contributed by atoms with E-state index >= 15 is 0 Å². The quantitative estimate of drug-likeness (QED) is 0.610. The number of furan rings is 1. The summed E-state index contributed by atoms with van der Waals surface area (Å²) in [6, 6.07) is 0. The van der Waals surface area contributed by atoms with Crippen molar-refractivity contribution in [1.29, 1.82) is 0 Å². The van der Waals surface area contributed by atoms with Crippen LogP contribution in [-0.4, -0.2) is 35.4 Å². The molecule has 0 aromatic carbocycles. The molecule has 0 spiro atoms. The minimum absolute atomic E-state index is 0.229. The fraction of sp³-hybridized carbons (Fsp3) is 0.450. The Morgan fingerprint density at radius 2 is 1.59 bits per heavy atom. The number of aryl methyl sites for hydroxylation is 3. The summed E-state index contributed by atoms with van der Waals surface area (Å²) >= 11 is 0. The van der Waals surface area contributed by atoms with Crippen molar-refractivity contribution in [3.05, 3.63) is 45.2 Å². The Bertz CT molecular complexity index is 902. The van der Waals surface area contributed by atoms with Crippen molar-refractivity contribution in [2.24, 2.45) is 0 Å². The summed E-state index contributed by atoms with van der Waals surface area (Å²) in [6.45, 7) is 12.0. The second kappa shape index (κ2) is 7.82. The molecule has 0 saturated heterocycles. The normalized spacial score (nSPS) is 12.0. The van der Waals surface area contributed by atoms with Crippen LogP contribution in [-0.2, 0) is 9.47 Å². The summed E-state index contributed by atoms with van der Waals surface area (Å²) in [5, 5.41) is 0. The molecule has 0 aliphatic carbocycles. The number of hydrogen-bond donors (Lipinski definition) is 1. The average Bonchev–Trinajstić information content (AvgIpc) is 3.01. The third kappa shape index (κ3) is 3.82. The van der Waals surface area contributed by atoms with Gasteiger partial charge in [-0.1, -0.05) is 0 Å². The number of aromatic amines is 1. The molecule has 1 atom stereocenters. The molecule has 2 rings (SSSR count). The van der Waals surface area contributed by atoms with Gasteiger partial charge in [0.2, 0.25) is 5.78 Å². The second-order valence-corrected chi connectivity index (χ2v) is 6.47. The number of carbonyl (C=O) groups excluding carboxylic acids is 3. The van der Waals surface area contributed by atoms with E-state index in [1.807, 2.05) is 0 Å². The lowest BCUT2D eigenvalue weighted by atomic mass is 10.1. The molecule has 0 amide bonds. The summed E-state index contributed by atoms with van der Waals surface area (Å²) in [5.41, 5.74) is 2.59. The van der Waals surface area contributed by atoms with E-state index in [2.05, 4.69) is 4.98 Å². The van der Waals surface area contributed by atoms with E-state index in [0.717, 1.165) is 0 Å². The average molecular weight is 375 g/mol. The number of ketones is 1. The maximum atomic E-state index is 12.8. The number of aromatic nitrogens is 1. The van der Waals surface area contributed by atoms with Crippen molar-refractivity contribution in [1.82, 2.24) is 4.98 Å². The molecule has 0 radical (unpaired) electrons. The first kappa shape index (κ1) is 20.5. The smallest absolute Gasteiger partial charge is 0.342 e. The van der Waals surface area contributed by atoms with Crippen molar-refractivity contribution in [3.63, 3.8) is 0 Å². The van der Waals surface area contributed by atoms with E-state index < -0.39 is 23.8 Å². The van der Waals surface area contributed by atoms with Gasteiger partial charge in [0, 0.05) is 11.3 Å². The van der Waals surface area contributed by atoms with Crippen LogP contribution < -0.4 is 0 Å². The van der Waals surface area contributed by atoms with E-state index in [1.54, 1.807) is 41.5 Å². The maximum absolute atomic E-state index is 12.8.